The highest BCUT2D eigenvalue weighted by atomic mass is 16.5. The van der Waals surface area contributed by atoms with E-state index in [1.807, 2.05) is 4.90 Å². The first kappa shape index (κ1) is 13.3. The van der Waals surface area contributed by atoms with Gasteiger partial charge in [0.2, 0.25) is 0 Å². The summed E-state index contributed by atoms with van der Waals surface area (Å²) in [5, 5.41) is 3.07. The van der Waals surface area contributed by atoms with Gasteiger partial charge in [0.15, 0.2) is 0 Å². The summed E-state index contributed by atoms with van der Waals surface area (Å²) in [5.74, 6) is 0. The molecule has 1 aliphatic carbocycles. The van der Waals surface area contributed by atoms with Crippen LogP contribution in [0.1, 0.15) is 39.5 Å². The lowest BCUT2D eigenvalue weighted by atomic mass is 9.93. The normalized spacial score (nSPS) is 17.7. The SMILES string of the molecule is CCC(C)N(CCOC)C(=O)NC1CCC1. The van der Waals surface area contributed by atoms with Gasteiger partial charge in [0.25, 0.3) is 0 Å². The monoisotopic (exact) mass is 228 g/mol. The summed E-state index contributed by atoms with van der Waals surface area (Å²) in [6, 6.07) is 0.743. The van der Waals surface area contributed by atoms with Crippen molar-refractivity contribution in [2.24, 2.45) is 0 Å². The maximum atomic E-state index is 12.0. The minimum absolute atomic E-state index is 0.0658. The molecule has 0 aromatic rings. The highest BCUT2D eigenvalue weighted by molar-refractivity contribution is 5.75. The van der Waals surface area contributed by atoms with E-state index in [0.717, 1.165) is 19.3 Å². The Balaban J connectivity index is 2.41. The number of hydrogen-bond acceptors (Lipinski definition) is 2. The molecule has 1 rings (SSSR count). The molecule has 0 saturated heterocycles. The van der Waals surface area contributed by atoms with E-state index < -0.39 is 0 Å². The van der Waals surface area contributed by atoms with Crippen LogP contribution in [0.25, 0.3) is 0 Å². The van der Waals surface area contributed by atoms with Crippen molar-refractivity contribution >= 4 is 6.03 Å². The van der Waals surface area contributed by atoms with Crippen LogP contribution in [0.4, 0.5) is 4.79 Å². The molecule has 0 bridgehead atoms. The summed E-state index contributed by atoms with van der Waals surface area (Å²) in [6.45, 7) is 5.45. The van der Waals surface area contributed by atoms with E-state index in [1.165, 1.54) is 6.42 Å². The van der Waals surface area contributed by atoms with Crippen LogP contribution in [0, 0.1) is 0 Å². The fraction of sp³-hybridized carbons (Fsp3) is 0.917. The molecule has 1 saturated carbocycles. The van der Waals surface area contributed by atoms with Crippen molar-refractivity contribution in [3.8, 4) is 0 Å². The second-order valence-electron chi connectivity index (χ2n) is 4.52. The van der Waals surface area contributed by atoms with Gasteiger partial charge < -0.3 is 15.0 Å². The molecule has 0 radical (unpaired) electrons. The third-order valence-corrected chi connectivity index (χ3v) is 3.35. The van der Waals surface area contributed by atoms with Crippen molar-refractivity contribution in [2.75, 3.05) is 20.3 Å². The predicted molar refractivity (Wildman–Crippen MR) is 64.5 cm³/mol. The number of urea groups is 1. The van der Waals surface area contributed by atoms with Crippen molar-refractivity contribution in [3.63, 3.8) is 0 Å². The van der Waals surface area contributed by atoms with Crippen LogP contribution in [0.15, 0.2) is 0 Å². The summed E-state index contributed by atoms with van der Waals surface area (Å²) in [5.41, 5.74) is 0. The Kier molecular flexibility index (Phi) is 5.60. The van der Waals surface area contributed by atoms with Gasteiger partial charge in [-0.25, -0.2) is 4.79 Å². The molecule has 1 N–H and O–H groups in total. The average molecular weight is 228 g/mol. The van der Waals surface area contributed by atoms with Crippen LogP contribution >= 0.6 is 0 Å². The molecule has 4 heteroatoms. The lowest BCUT2D eigenvalue weighted by Crippen LogP contribution is -2.51. The van der Waals surface area contributed by atoms with Crippen molar-refractivity contribution < 1.29 is 9.53 Å². The minimum Gasteiger partial charge on any atom is -0.383 e. The Hall–Kier alpha value is -0.770. The van der Waals surface area contributed by atoms with Crippen molar-refractivity contribution in [1.82, 2.24) is 10.2 Å². The molecule has 2 amide bonds. The van der Waals surface area contributed by atoms with Gasteiger partial charge in [-0.15, -0.1) is 0 Å². The Morgan fingerprint density at radius 1 is 1.56 bits per heavy atom. The highest BCUT2D eigenvalue weighted by Crippen LogP contribution is 2.18. The van der Waals surface area contributed by atoms with Crippen LogP contribution in [-0.4, -0.2) is 43.3 Å². The molecule has 1 unspecified atom stereocenters. The summed E-state index contributed by atoms with van der Waals surface area (Å²) in [6.07, 6.45) is 4.48. The molecule has 4 nitrogen and oxygen atoms in total. The molecule has 1 aliphatic rings. The molecule has 0 spiro atoms. The van der Waals surface area contributed by atoms with E-state index in [4.69, 9.17) is 4.74 Å². The molecule has 0 aromatic heterocycles. The number of carbonyl (C=O) groups is 1. The predicted octanol–water partition coefficient (Wildman–Crippen LogP) is 2.00. The number of methoxy groups -OCH3 is 1. The molecular formula is C12H24N2O2. The largest absolute Gasteiger partial charge is 0.383 e. The Bertz CT molecular complexity index is 217. The van der Waals surface area contributed by atoms with Crippen LogP contribution in [0.2, 0.25) is 0 Å². The zero-order valence-corrected chi connectivity index (χ0v) is 10.7. The molecule has 94 valence electrons. The van der Waals surface area contributed by atoms with E-state index in [-0.39, 0.29) is 12.1 Å². The van der Waals surface area contributed by atoms with Gasteiger partial charge in [0.05, 0.1) is 6.61 Å². The number of nitrogens with zero attached hydrogens (tertiary/aromatic N) is 1. The lowest BCUT2D eigenvalue weighted by molar-refractivity contribution is 0.127. The summed E-state index contributed by atoms with van der Waals surface area (Å²) in [7, 11) is 1.67. The van der Waals surface area contributed by atoms with Gasteiger partial charge in [-0.1, -0.05) is 6.92 Å². The number of nitrogens with one attached hydrogen (secondary N) is 1. The molecule has 1 atom stereocenters. The zero-order chi connectivity index (χ0) is 12.0. The van der Waals surface area contributed by atoms with Gasteiger partial charge in [-0.05, 0) is 32.6 Å². The first-order chi connectivity index (χ1) is 7.69. The van der Waals surface area contributed by atoms with E-state index in [2.05, 4.69) is 19.2 Å². The Morgan fingerprint density at radius 2 is 2.25 bits per heavy atom. The Labute approximate surface area is 98.3 Å². The zero-order valence-electron chi connectivity index (χ0n) is 10.7. The fourth-order valence-electron chi connectivity index (χ4n) is 1.74. The third-order valence-electron chi connectivity index (χ3n) is 3.35. The lowest BCUT2D eigenvalue weighted by Gasteiger charge is -2.33. The number of rotatable bonds is 6. The molecule has 16 heavy (non-hydrogen) atoms. The second-order valence-corrected chi connectivity index (χ2v) is 4.52. The van der Waals surface area contributed by atoms with Gasteiger partial charge in [-0.2, -0.15) is 0 Å². The number of carbonyl (C=O) groups excluding carboxylic acids is 1. The van der Waals surface area contributed by atoms with Gasteiger partial charge in [0.1, 0.15) is 0 Å². The van der Waals surface area contributed by atoms with Crippen LogP contribution in [0.3, 0.4) is 0 Å². The van der Waals surface area contributed by atoms with Crippen LogP contribution in [-0.2, 0) is 4.74 Å². The number of ether oxygens (including phenoxy) is 1. The Morgan fingerprint density at radius 3 is 2.69 bits per heavy atom. The van der Waals surface area contributed by atoms with Crippen molar-refractivity contribution in [1.29, 1.82) is 0 Å². The molecule has 1 fully saturated rings. The second kappa shape index (κ2) is 6.74. The molecule has 0 aromatic carbocycles. The highest BCUT2D eigenvalue weighted by Gasteiger charge is 2.24. The van der Waals surface area contributed by atoms with E-state index in [9.17, 15) is 4.79 Å². The van der Waals surface area contributed by atoms with Gasteiger partial charge in [-0.3, -0.25) is 0 Å². The first-order valence-corrected chi connectivity index (χ1v) is 6.25. The topological polar surface area (TPSA) is 41.6 Å². The number of hydrogen-bond donors (Lipinski definition) is 1. The molecule has 0 aliphatic heterocycles. The van der Waals surface area contributed by atoms with Crippen molar-refractivity contribution in [2.45, 2.75) is 51.6 Å². The number of amides is 2. The van der Waals surface area contributed by atoms with E-state index in [1.54, 1.807) is 7.11 Å². The molecular weight excluding hydrogens is 204 g/mol. The van der Waals surface area contributed by atoms with Crippen LogP contribution < -0.4 is 5.32 Å². The maximum Gasteiger partial charge on any atom is 0.317 e. The van der Waals surface area contributed by atoms with E-state index in [0.29, 0.717) is 19.2 Å². The fourth-order valence-corrected chi connectivity index (χ4v) is 1.74. The summed E-state index contributed by atoms with van der Waals surface area (Å²) in [4.78, 5) is 13.9. The average Bonchev–Trinajstić information content (AvgIpc) is 2.23. The van der Waals surface area contributed by atoms with Gasteiger partial charge in [0, 0.05) is 25.7 Å². The molecule has 0 heterocycles. The summed E-state index contributed by atoms with van der Waals surface area (Å²) < 4.78 is 5.04. The minimum atomic E-state index is 0.0658. The maximum absolute atomic E-state index is 12.0. The quantitative estimate of drug-likeness (QED) is 0.755. The standard InChI is InChI=1S/C12H24N2O2/c1-4-10(2)14(8-9-16-3)12(15)13-11-6-5-7-11/h10-11H,4-9H2,1-3H3,(H,13,15). The smallest absolute Gasteiger partial charge is 0.317 e. The van der Waals surface area contributed by atoms with Gasteiger partial charge >= 0.3 is 6.03 Å². The summed E-state index contributed by atoms with van der Waals surface area (Å²) >= 11 is 0. The van der Waals surface area contributed by atoms with Crippen LogP contribution in [0.5, 0.6) is 0 Å². The van der Waals surface area contributed by atoms with Crippen molar-refractivity contribution in [3.05, 3.63) is 0 Å². The third kappa shape index (κ3) is 3.67. The first-order valence-electron chi connectivity index (χ1n) is 6.25. The van der Waals surface area contributed by atoms with E-state index >= 15 is 0 Å².